The maximum Gasteiger partial charge on any atom is 0.289 e. The molecule has 2 aromatic carbocycles. The third-order valence-electron chi connectivity index (χ3n) is 4.40. The summed E-state index contributed by atoms with van der Waals surface area (Å²) in [6.07, 6.45) is 0. The van der Waals surface area contributed by atoms with E-state index < -0.39 is 0 Å². The molecule has 5 heteroatoms. The van der Waals surface area contributed by atoms with E-state index in [1.807, 2.05) is 35.2 Å². The van der Waals surface area contributed by atoms with Gasteiger partial charge in [0.2, 0.25) is 0 Å². The van der Waals surface area contributed by atoms with Gasteiger partial charge in [0.05, 0.1) is 5.69 Å². The number of anilines is 1. The lowest BCUT2D eigenvalue weighted by Gasteiger charge is -2.35. The van der Waals surface area contributed by atoms with Crippen LogP contribution in [0.1, 0.15) is 10.6 Å². The largest absolute Gasteiger partial charge is 0.451 e. The molecule has 1 aromatic heterocycles. The zero-order chi connectivity index (χ0) is 16.5. The summed E-state index contributed by atoms with van der Waals surface area (Å²) in [5, 5.41) is 0.922. The molecule has 122 valence electrons. The molecule has 2 heterocycles. The molecule has 1 aliphatic heterocycles. The Bertz CT molecular complexity index is 849. The molecule has 0 spiro atoms. The fourth-order valence-corrected chi connectivity index (χ4v) is 3.10. The van der Waals surface area contributed by atoms with E-state index in [2.05, 4.69) is 0 Å². The molecule has 0 radical (unpaired) electrons. The first kappa shape index (κ1) is 14.8. The molecule has 24 heavy (non-hydrogen) atoms. The molecule has 1 saturated heterocycles. The zero-order valence-corrected chi connectivity index (χ0v) is 13.1. The van der Waals surface area contributed by atoms with Gasteiger partial charge in [0.1, 0.15) is 11.4 Å². The number of para-hydroxylation sites is 2. The van der Waals surface area contributed by atoms with E-state index in [1.54, 1.807) is 23.1 Å². The van der Waals surface area contributed by atoms with Crippen LogP contribution in [0.3, 0.4) is 0 Å². The van der Waals surface area contributed by atoms with Crippen LogP contribution >= 0.6 is 0 Å². The van der Waals surface area contributed by atoms with Crippen LogP contribution in [-0.4, -0.2) is 37.0 Å². The highest BCUT2D eigenvalue weighted by molar-refractivity contribution is 5.96. The summed E-state index contributed by atoms with van der Waals surface area (Å²) in [7, 11) is 0. The van der Waals surface area contributed by atoms with Crippen molar-refractivity contribution in [2.75, 3.05) is 31.1 Å². The van der Waals surface area contributed by atoms with Gasteiger partial charge in [-0.05, 0) is 24.3 Å². The predicted octanol–water partition coefficient (Wildman–Crippen LogP) is 3.53. The Morgan fingerprint density at radius 3 is 2.42 bits per heavy atom. The Hall–Kier alpha value is -2.82. The highest BCUT2D eigenvalue weighted by Crippen LogP contribution is 2.23. The summed E-state index contributed by atoms with van der Waals surface area (Å²) in [5.74, 6) is 0.0180. The lowest BCUT2D eigenvalue weighted by molar-refractivity contribution is 0.0717. The molecule has 1 aliphatic rings. The van der Waals surface area contributed by atoms with E-state index in [4.69, 9.17) is 4.42 Å². The van der Waals surface area contributed by atoms with Crippen LogP contribution in [-0.2, 0) is 0 Å². The highest BCUT2D eigenvalue weighted by atomic mass is 19.1. The van der Waals surface area contributed by atoms with Gasteiger partial charge in [-0.3, -0.25) is 4.79 Å². The Kier molecular flexibility index (Phi) is 3.69. The van der Waals surface area contributed by atoms with Crippen LogP contribution in [0, 0.1) is 5.82 Å². The van der Waals surface area contributed by atoms with Crippen LogP contribution in [0.4, 0.5) is 10.1 Å². The number of furan rings is 1. The Morgan fingerprint density at radius 1 is 0.958 bits per heavy atom. The standard InChI is InChI=1S/C19H17FN2O2/c20-15-6-2-3-7-16(15)21-9-11-22(12-10-21)19(23)18-13-14-5-1-4-8-17(14)24-18/h1-8,13H,9-12H2. The summed E-state index contributed by atoms with van der Waals surface area (Å²) < 4.78 is 19.5. The van der Waals surface area contributed by atoms with E-state index in [0.717, 1.165) is 5.39 Å². The van der Waals surface area contributed by atoms with Crippen LogP contribution < -0.4 is 4.90 Å². The molecular weight excluding hydrogens is 307 g/mol. The minimum absolute atomic E-state index is 0.112. The second kappa shape index (κ2) is 6.00. The smallest absolute Gasteiger partial charge is 0.289 e. The highest BCUT2D eigenvalue weighted by Gasteiger charge is 2.25. The first-order chi connectivity index (χ1) is 11.7. The third-order valence-corrected chi connectivity index (χ3v) is 4.40. The summed E-state index contributed by atoms with van der Waals surface area (Å²) in [5.41, 5.74) is 1.30. The normalized spacial score (nSPS) is 15.0. The number of nitrogens with zero attached hydrogens (tertiary/aromatic N) is 2. The van der Waals surface area contributed by atoms with Gasteiger partial charge in [0, 0.05) is 31.6 Å². The monoisotopic (exact) mass is 324 g/mol. The quantitative estimate of drug-likeness (QED) is 0.723. The zero-order valence-electron chi connectivity index (χ0n) is 13.1. The number of amides is 1. The van der Waals surface area contributed by atoms with Crippen molar-refractivity contribution in [3.63, 3.8) is 0 Å². The maximum atomic E-state index is 13.9. The molecular formula is C19H17FN2O2. The van der Waals surface area contributed by atoms with Gasteiger partial charge in [0.25, 0.3) is 5.91 Å². The van der Waals surface area contributed by atoms with Gasteiger partial charge in [0.15, 0.2) is 5.76 Å². The SMILES string of the molecule is O=C(c1cc2ccccc2o1)N1CCN(c2ccccc2F)CC1. The second-order valence-electron chi connectivity index (χ2n) is 5.88. The number of carbonyl (C=O) groups excluding carboxylic acids is 1. The van der Waals surface area contributed by atoms with Crippen LogP contribution in [0.2, 0.25) is 0 Å². The van der Waals surface area contributed by atoms with Crippen LogP contribution in [0.5, 0.6) is 0 Å². The molecule has 0 unspecified atom stereocenters. The first-order valence-electron chi connectivity index (χ1n) is 8.00. The summed E-state index contributed by atoms with van der Waals surface area (Å²) in [4.78, 5) is 16.3. The number of piperazine rings is 1. The van der Waals surface area contributed by atoms with Gasteiger partial charge < -0.3 is 14.2 Å². The van der Waals surface area contributed by atoms with Gasteiger partial charge >= 0.3 is 0 Å². The predicted molar refractivity (Wildman–Crippen MR) is 90.7 cm³/mol. The average Bonchev–Trinajstić information content (AvgIpc) is 3.06. The number of benzene rings is 2. The molecule has 0 atom stereocenters. The number of fused-ring (bicyclic) bond motifs is 1. The molecule has 3 aromatic rings. The fourth-order valence-electron chi connectivity index (χ4n) is 3.10. The molecule has 0 N–H and O–H groups in total. The molecule has 1 amide bonds. The average molecular weight is 324 g/mol. The van der Waals surface area contributed by atoms with Gasteiger partial charge in [-0.2, -0.15) is 0 Å². The van der Waals surface area contributed by atoms with Crippen molar-refractivity contribution in [3.05, 3.63) is 66.2 Å². The van der Waals surface area contributed by atoms with Crippen LogP contribution in [0.25, 0.3) is 11.0 Å². The van der Waals surface area contributed by atoms with Crippen molar-refractivity contribution in [2.24, 2.45) is 0 Å². The topological polar surface area (TPSA) is 36.7 Å². The van der Waals surface area contributed by atoms with E-state index in [9.17, 15) is 9.18 Å². The van der Waals surface area contributed by atoms with Gasteiger partial charge in [-0.15, -0.1) is 0 Å². The summed E-state index contributed by atoms with van der Waals surface area (Å²) in [6, 6.07) is 16.1. The second-order valence-corrected chi connectivity index (χ2v) is 5.88. The van der Waals surface area contributed by atoms with E-state index in [1.165, 1.54) is 6.07 Å². The van der Waals surface area contributed by atoms with Gasteiger partial charge in [-0.25, -0.2) is 4.39 Å². The van der Waals surface area contributed by atoms with Crippen molar-refractivity contribution in [1.29, 1.82) is 0 Å². The van der Waals surface area contributed by atoms with Crippen molar-refractivity contribution >= 4 is 22.6 Å². The third kappa shape index (κ3) is 2.62. The van der Waals surface area contributed by atoms with Crippen molar-refractivity contribution in [1.82, 2.24) is 4.90 Å². The lowest BCUT2D eigenvalue weighted by Crippen LogP contribution is -2.49. The first-order valence-corrected chi connectivity index (χ1v) is 8.00. The van der Waals surface area contributed by atoms with E-state index >= 15 is 0 Å². The van der Waals surface area contributed by atoms with E-state index in [-0.39, 0.29) is 11.7 Å². The molecule has 0 saturated carbocycles. The molecule has 4 nitrogen and oxygen atoms in total. The fraction of sp³-hybridized carbons (Fsp3) is 0.211. The molecule has 0 aliphatic carbocycles. The van der Waals surface area contributed by atoms with Crippen molar-refractivity contribution < 1.29 is 13.6 Å². The van der Waals surface area contributed by atoms with Crippen LogP contribution in [0.15, 0.2) is 59.0 Å². The Labute approximate surface area is 139 Å². The maximum absolute atomic E-state index is 13.9. The Balaban J connectivity index is 1.47. The molecule has 4 rings (SSSR count). The number of hydrogen-bond donors (Lipinski definition) is 0. The molecule has 1 fully saturated rings. The van der Waals surface area contributed by atoms with E-state index in [0.29, 0.717) is 43.2 Å². The number of halogens is 1. The summed E-state index contributed by atoms with van der Waals surface area (Å²) >= 11 is 0. The summed E-state index contributed by atoms with van der Waals surface area (Å²) in [6.45, 7) is 2.30. The number of rotatable bonds is 2. The Morgan fingerprint density at radius 2 is 1.67 bits per heavy atom. The minimum atomic E-state index is -0.227. The lowest BCUT2D eigenvalue weighted by atomic mass is 10.2. The number of carbonyl (C=O) groups is 1. The van der Waals surface area contributed by atoms with Crippen molar-refractivity contribution in [3.8, 4) is 0 Å². The van der Waals surface area contributed by atoms with Crippen molar-refractivity contribution in [2.45, 2.75) is 0 Å². The minimum Gasteiger partial charge on any atom is -0.451 e. The molecule has 0 bridgehead atoms. The number of hydrogen-bond acceptors (Lipinski definition) is 3. The van der Waals surface area contributed by atoms with Gasteiger partial charge in [-0.1, -0.05) is 30.3 Å².